The molecule has 1 amide bonds. The monoisotopic (exact) mass is 251 g/mol. The number of aliphatic hydroxyl groups is 1. The van der Waals surface area contributed by atoms with Crippen molar-refractivity contribution in [2.24, 2.45) is 0 Å². The Kier molecular flexibility index (Phi) is 5.09. The third-order valence-electron chi connectivity index (χ3n) is 2.68. The first-order valence-electron chi connectivity index (χ1n) is 6.08. The average Bonchev–Trinajstić information content (AvgIpc) is 2.33. The predicted molar refractivity (Wildman–Crippen MR) is 71.8 cm³/mol. The van der Waals surface area contributed by atoms with Gasteiger partial charge >= 0.3 is 0 Å². The Morgan fingerprint density at radius 3 is 2.67 bits per heavy atom. The Morgan fingerprint density at radius 1 is 1.50 bits per heavy atom. The second-order valence-corrected chi connectivity index (χ2v) is 4.45. The minimum atomic E-state index is -0.0824. The standard InChI is InChI=1S/C13H21N3O2/c1-9(2)16(5-6-17)13(18)11-7-10(3)15-12(8-11)14-4/h7-9,17H,5-6H2,1-4H3,(H,14,15). The molecule has 0 fully saturated rings. The van der Waals surface area contributed by atoms with Crippen LogP contribution < -0.4 is 5.32 Å². The highest BCUT2D eigenvalue weighted by atomic mass is 16.3. The maximum atomic E-state index is 12.4. The number of hydrogen-bond donors (Lipinski definition) is 2. The summed E-state index contributed by atoms with van der Waals surface area (Å²) in [6.45, 7) is 6.02. The molecule has 0 aliphatic carbocycles. The molecule has 18 heavy (non-hydrogen) atoms. The quantitative estimate of drug-likeness (QED) is 0.827. The van der Waals surface area contributed by atoms with Crippen molar-refractivity contribution in [3.05, 3.63) is 23.4 Å². The molecule has 0 saturated carbocycles. The topological polar surface area (TPSA) is 65.5 Å². The summed E-state index contributed by atoms with van der Waals surface area (Å²) in [5.74, 6) is 0.590. The van der Waals surface area contributed by atoms with Crippen molar-refractivity contribution in [1.82, 2.24) is 9.88 Å². The molecule has 100 valence electrons. The van der Waals surface area contributed by atoms with Crippen LogP contribution in [0.3, 0.4) is 0 Å². The number of hydrogen-bond acceptors (Lipinski definition) is 4. The summed E-state index contributed by atoms with van der Waals surface area (Å²) in [5.41, 5.74) is 1.38. The summed E-state index contributed by atoms with van der Waals surface area (Å²) in [6, 6.07) is 3.54. The van der Waals surface area contributed by atoms with Gasteiger partial charge in [0.05, 0.1) is 6.61 Å². The van der Waals surface area contributed by atoms with E-state index in [4.69, 9.17) is 5.11 Å². The van der Waals surface area contributed by atoms with Crippen molar-refractivity contribution >= 4 is 11.7 Å². The first kappa shape index (κ1) is 14.4. The molecular weight excluding hydrogens is 230 g/mol. The summed E-state index contributed by atoms with van der Waals surface area (Å²) in [6.07, 6.45) is 0. The summed E-state index contributed by atoms with van der Waals surface area (Å²) in [5, 5.41) is 12.0. The van der Waals surface area contributed by atoms with Crippen molar-refractivity contribution in [3.63, 3.8) is 0 Å². The molecule has 2 N–H and O–H groups in total. The molecule has 0 radical (unpaired) electrons. The number of nitrogens with one attached hydrogen (secondary N) is 1. The Labute approximate surface area is 108 Å². The van der Waals surface area contributed by atoms with E-state index in [0.717, 1.165) is 5.69 Å². The van der Waals surface area contributed by atoms with Crippen LogP contribution in [0, 0.1) is 6.92 Å². The van der Waals surface area contributed by atoms with Gasteiger partial charge in [-0.25, -0.2) is 4.98 Å². The lowest BCUT2D eigenvalue weighted by Crippen LogP contribution is -2.39. The number of aliphatic hydroxyl groups excluding tert-OH is 1. The van der Waals surface area contributed by atoms with E-state index in [2.05, 4.69) is 10.3 Å². The first-order chi connectivity index (χ1) is 8.49. The molecule has 5 nitrogen and oxygen atoms in total. The third kappa shape index (κ3) is 3.43. The average molecular weight is 251 g/mol. The predicted octanol–water partition coefficient (Wildman–Crippen LogP) is 1.27. The van der Waals surface area contributed by atoms with E-state index >= 15 is 0 Å². The molecule has 0 atom stereocenters. The van der Waals surface area contributed by atoms with E-state index in [1.54, 1.807) is 24.1 Å². The summed E-state index contributed by atoms with van der Waals surface area (Å²) in [7, 11) is 1.77. The molecule has 0 spiro atoms. The van der Waals surface area contributed by atoms with Crippen LogP contribution >= 0.6 is 0 Å². The smallest absolute Gasteiger partial charge is 0.254 e. The van der Waals surface area contributed by atoms with Crippen molar-refractivity contribution in [2.75, 3.05) is 25.5 Å². The molecule has 1 aromatic rings. The van der Waals surface area contributed by atoms with Gasteiger partial charge in [-0.2, -0.15) is 0 Å². The van der Waals surface area contributed by atoms with Crippen LogP contribution in [-0.2, 0) is 0 Å². The fraction of sp³-hybridized carbons (Fsp3) is 0.538. The molecule has 0 saturated heterocycles. The highest BCUT2D eigenvalue weighted by Crippen LogP contribution is 2.13. The molecule has 1 heterocycles. The second-order valence-electron chi connectivity index (χ2n) is 4.45. The Bertz CT molecular complexity index is 419. The number of anilines is 1. The number of aromatic nitrogens is 1. The summed E-state index contributed by atoms with van der Waals surface area (Å²) < 4.78 is 0. The first-order valence-corrected chi connectivity index (χ1v) is 6.08. The normalized spacial score (nSPS) is 10.6. The molecule has 0 bridgehead atoms. The number of nitrogens with zero attached hydrogens (tertiary/aromatic N) is 2. The van der Waals surface area contributed by atoms with Gasteiger partial charge in [0.25, 0.3) is 5.91 Å². The largest absolute Gasteiger partial charge is 0.395 e. The molecule has 0 aliphatic heterocycles. The number of carbonyl (C=O) groups excluding carboxylic acids is 1. The van der Waals surface area contributed by atoms with Gasteiger partial charge in [-0.15, -0.1) is 0 Å². The lowest BCUT2D eigenvalue weighted by atomic mass is 10.1. The number of amides is 1. The number of pyridine rings is 1. The second kappa shape index (κ2) is 6.35. The van der Waals surface area contributed by atoms with Crippen molar-refractivity contribution in [3.8, 4) is 0 Å². The van der Waals surface area contributed by atoms with Gasteiger partial charge in [0, 0.05) is 30.9 Å². The summed E-state index contributed by atoms with van der Waals surface area (Å²) >= 11 is 0. The molecule has 0 unspecified atom stereocenters. The van der Waals surface area contributed by atoms with Gasteiger partial charge in [0.1, 0.15) is 5.82 Å². The van der Waals surface area contributed by atoms with Gasteiger partial charge in [-0.3, -0.25) is 4.79 Å². The lowest BCUT2D eigenvalue weighted by molar-refractivity contribution is 0.0665. The highest BCUT2D eigenvalue weighted by molar-refractivity contribution is 5.95. The zero-order chi connectivity index (χ0) is 13.7. The van der Waals surface area contributed by atoms with Crippen molar-refractivity contribution < 1.29 is 9.90 Å². The Morgan fingerprint density at radius 2 is 2.17 bits per heavy atom. The fourth-order valence-electron chi connectivity index (χ4n) is 1.79. The van der Waals surface area contributed by atoms with Crippen LogP contribution in [0.25, 0.3) is 0 Å². The van der Waals surface area contributed by atoms with E-state index in [1.165, 1.54) is 0 Å². The maximum absolute atomic E-state index is 12.4. The van der Waals surface area contributed by atoms with E-state index in [9.17, 15) is 4.79 Å². The molecule has 5 heteroatoms. The van der Waals surface area contributed by atoms with Gasteiger partial charge in [-0.1, -0.05) is 0 Å². The maximum Gasteiger partial charge on any atom is 0.254 e. The fourth-order valence-corrected chi connectivity index (χ4v) is 1.79. The van der Waals surface area contributed by atoms with Crippen molar-refractivity contribution in [1.29, 1.82) is 0 Å². The third-order valence-corrected chi connectivity index (χ3v) is 2.68. The van der Waals surface area contributed by atoms with Crippen molar-refractivity contribution in [2.45, 2.75) is 26.8 Å². The van der Waals surface area contributed by atoms with E-state index in [-0.39, 0.29) is 18.6 Å². The van der Waals surface area contributed by atoms with Gasteiger partial charge in [0.15, 0.2) is 0 Å². The Balaban J connectivity index is 3.04. The molecule has 1 aromatic heterocycles. The molecular formula is C13H21N3O2. The van der Waals surface area contributed by atoms with Crippen LogP contribution in [-0.4, -0.2) is 47.1 Å². The minimum Gasteiger partial charge on any atom is -0.395 e. The molecule has 0 aliphatic rings. The van der Waals surface area contributed by atoms with Crippen LogP contribution in [0.15, 0.2) is 12.1 Å². The van der Waals surface area contributed by atoms with Crippen LogP contribution in [0.4, 0.5) is 5.82 Å². The number of carbonyl (C=O) groups is 1. The minimum absolute atomic E-state index is 0.0349. The van der Waals surface area contributed by atoms with Gasteiger partial charge in [0.2, 0.25) is 0 Å². The number of aryl methyl sites for hydroxylation is 1. The lowest BCUT2D eigenvalue weighted by Gasteiger charge is -2.26. The van der Waals surface area contributed by atoms with Crippen LogP contribution in [0.2, 0.25) is 0 Å². The van der Waals surface area contributed by atoms with Crippen LogP contribution in [0.5, 0.6) is 0 Å². The zero-order valence-electron chi connectivity index (χ0n) is 11.4. The molecule has 1 rings (SSSR count). The molecule has 0 aromatic carbocycles. The van der Waals surface area contributed by atoms with E-state index in [1.807, 2.05) is 20.8 Å². The van der Waals surface area contributed by atoms with Gasteiger partial charge < -0.3 is 15.3 Å². The number of rotatable bonds is 5. The van der Waals surface area contributed by atoms with E-state index in [0.29, 0.717) is 17.9 Å². The SMILES string of the molecule is CNc1cc(C(=O)N(CCO)C(C)C)cc(C)n1. The zero-order valence-corrected chi connectivity index (χ0v) is 11.4. The van der Waals surface area contributed by atoms with E-state index < -0.39 is 0 Å². The van der Waals surface area contributed by atoms with Gasteiger partial charge in [-0.05, 0) is 32.9 Å². The Hall–Kier alpha value is -1.62. The summed E-state index contributed by atoms with van der Waals surface area (Å²) in [4.78, 5) is 18.3. The highest BCUT2D eigenvalue weighted by Gasteiger charge is 2.19. The van der Waals surface area contributed by atoms with Crippen LogP contribution in [0.1, 0.15) is 29.9 Å².